The van der Waals surface area contributed by atoms with Gasteiger partial charge in [-0.25, -0.2) is 9.67 Å². The molecule has 0 aliphatic rings. The van der Waals surface area contributed by atoms with Gasteiger partial charge < -0.3 is 10.1 Å². The molecule has 184 valence electrons. The number of hydrogen-bond donors (Lipinski definition) is 2. The van der Waals surface area contributed by atoms with Crippen LogP contribution in [0.1, 0.15) is 16.7 Å². The van der Waals surface area contributed by atoms with Gasteiger partial charge in [0.15, 0.2) is 10.9 Å². The van der Waals surface area contributed by atoms with E-state index in [-0.39, 0.29) is 5.75 Å². The van der Waals surface area contributed by atoms with E-state index in [4.69, 9.17) is 12.2 Å². The van der Waals surface area contributed by atoms with Crippen molar-refractivity contribution in [1.82, 2.24) is 20.2 Å². The Labute approximate surface area is 210 Å². The van der Waals surface area contributed by atoms with Crippen LogP contribution in [0.3, 0.4) is 0 Å². The van der Waals surface area contributed by atoms with E-state index in [9.17, 15) is 13.2 Å². The Morgan fingerprint density at radius 2 is 1.75 bits per heavy atom. The molecule has 0 unspecified atom stereocenters. The minimum Gasteiger partial charge on any atom is -0.406 e. The van der Waals surface area contributed by atoms with E-state index in [1.165, 1.54) is 40.8 Å². The van der Waals surface area contributed by atoms with Crippen molar-refractivity contribution >= 4 is 29.2 Å². The van der Waals surface area contributed by atoms with Gasteiger partial charge in [0.1, 0.15) is 12.1 Å². The molecule has 36 heavy (non-hydrogen) atoms. The SMILES string of the molecule is Cc1ccc(NC(=S)NN=Cc2ccc(-c3ncn(-c4ccc(OC(F)(F)F)cc4)n3)cc2)c(C)c1. The number of aromatic nitrogens is 3. The van der Waals surface area contributed by atoms with Gasteiger partial charge >= 0.3 is 6.36 Å². The summed E-state index contributed by atoms with van der Waals surface area (Å²) in [6, 6.07) is 18.8. The van der Waals surface area contributed by atoms with E-state index in [0.717, 1.165) is 22.4 Å². The van der Waals surface area contributed by atoms with Gasteiger partial charge in [-0.05, 0) is 67.5 Å². The molecular formula is C25H21F3N6OS. The van der Waals surface area contributed by atoms with Crippen molar-refractivity contribution in [3.8, 4) is 22.8 Å². The first kappa shape index (κ1) is 24.9. The van der Waals surface area contributed by atoms with Crippen LogP contribution < -0.4 is 15.5 Å². The van der Waals surface area contributed by atoms with Crippen LogP contribution in [0.25, 0.3) is 17.1 Å². The number of benzene rings is 3. The molecule has 0 aliphatic heterocycles. The number of nitrogens with one attached hydrogen (secondary N) is 2. The Bertz CT molecular complexity index is 1380. The largest absolute Gasteiger partial charge is 0.573 e. The highest BCUT2D eigenvalue weighted by atomic mass is 32.1. The molecule has 3 aromatic carbocycles. The van der Waals surface area contributed by atoms with E-state index < -0.39 is 6.36 Å². The number of alkyl halides is 3. The molecule has 0 fully saturated rings. The second-order valence-electron chi connectivity index (χ2n) is 7.82. The Balaban J connectivity index is 1.34. The van der Waals surface area contributed by atoms with Crippen LogP contribution >= 0.6 is 12.2 Å². The fourth-order valence-corrected chi connectivity index (χ4v) is 3.47. The highest BCUT2D eigenvalue weighted by molar-refractivity contribution is 7.80. The van der Waals surface area contributed by atoms with E-state index in [1.807, 2.05) is 50.2 Å². The smallest absolute Gasteiger partial charge is 0.406 e. The van der Waals surface area contributed by atoms with Crippen molar-refractivity contribution in [2.45, 2.75) is 20.2 Å². The zero-order valence-electron chi connectivity index (χ0n) is 19.2. The molecule has 0 radical (unpaired) electrons. The van der Waals surface area contributed by atoms with Crippen molar-refractivity contribution in [2.24, 2.45) is 5.10 Å². The maximum atomic E-state index is 12.3. The predicted octanol–water partition coefficient (Wildman–Crippen LogP) is 5.77. The summed E-state index contributed by atoms with van der Waals surface area (Å²) in [6.07, 6.45) is -1.62. The van der Waals surface area contributed by atoms with E-state index >= 15 is 0 Å². The summed E-state index contributed by atoms with van der Waals surface area (Å²) in [5, 5.41) is 12.1. The third-order valence-electron chi connectivity index (χ3n) is 5.01. The third kappa shape index (κ3) is 6.66. The lowest BCUT2D eigenvalue weighted by Gasteiger charge is -2.10. The minimum absolute atomic E-state index is 0.305. The Kier molecular flexibility index (Phi) is 7.30. The van der Waals surface area contributed by atoms with Crippen LogP contribution in [0.4, 0.5) is 18.9 Å². The lowest BCUT2D eigenvalue weighted by molar-refractivity contribution is -0.274. The molecule has 0 bridgehead atoms. The monoisotopic (exact) mass is 510 g/mol. The molecule has 0 saturated carbocycles. The van der Waals surface area contributed by atoms with Gasteiger partial charge in [-0.1, -0.05) is 42.0 Å². The van der Waals surface area contributed by atoms with Crippen molar-refractivity contribution < 1.29 is 17.9 Å². The molecule has 7 nitrogen and oxygen atoms in total. The third-order valence-corrected chi connectivity index (χ3v) is 5.20. The summed E-state index contributed by atoms with van der Waals surface area (Å²) in [5.41, 5.74) is 8.11. The minimum atomic E-state index is -4.74. The number of aryl methyl sites for hydroxylation is 2. The van der Waals surface area contributed by atoms with Crippen LogP contribution in [-0.2, 0) is 0 Å². The Morgan fingerprint density at radius 3 is 2.42 bits per heavy atom. The number of anilines is 1. The number of ether oxygens (including phenoxy) is 1. The number of thiocarbonyl (C=S) groups is 1. The van der Waals surface area contributed by atoms with E-state index in [2.05, 4.69) is 36.7 Å². The van der Waals surface area contributed by atoms with Crippen molar-refractivity contribution in [3.05, 3.63) is 89.7 Å². The maximum absolute atomic E-state index is 12.3. The number of hydrazone groups is 1. The van der Waals surface area contributed by atoms with Gasteiger partial charge in [0, 0.05) is 11.3 Å². The first-order valence-corrected chi connectivity index (χ1v) is 11.1. The first-order valence-electron chi connectivity index (χ1n) is 10.7. The molecule has 0 spiro atoms. The fourth-order valence-electron chi connectivity index (χ4n) is 3.31. The second kappa shape index (κ2) is 10.6. The highest BCUT2D eigenvalue weighted by Crippen LogP contribution is 2.24. The standard InChI is InChI=1S/C25H21F3N6OS/c1-16-3-12-22(17(2)13-16)31-24(36)32-30-14-18-4-6-19(7-5-18)23-29-15-34(33-23)20-8-10-21(11-9-20)35-25(26,27)28/h3-15H,1-2H3,(H2,31,32,36). The van der Waals surface area contributed by atoms with Crippen molar-refractivity contribution in [2.75, 3.05) is 5.32 Å². The number of halogens is 3. The second-order valence-corrected chi connectivity index (χ2v) is 8.23. The number of nitrogens with zero attached hydrogens (tertiary/aromatic N) is 4. The molecule has 0 aliphatic carbocycles. The van der Waals surface area contributed by atoms with Gasteiger partial charge in [0.25, 0.3) is 0 Å². The molecule has 11 heteroatoms. The van der Waals surface area contributed by atoms with Gasteiger partial charge in [0.2, 0.25) is 0 Å². The van der Waals surface area contributed by atoms with Crippen LogP contribution in [0, 0.1) is 13.8 Å². The molecule has 4 aromatic rings. The molecule has 1 aromatic heterocycles. The lowest BCUT2D eigenvalue weighted by Crippen LogP contribution is -2.24. The molecule has 0 saturated heterocycles. The topological polar surface area (TPSA) is 76.4 Å². The van der Waals surface area contributed by atoms with E-state index in [1.54, 1.807) is 6.21 Å². The zero-order valence-corrected chi connectivity index (χ0v) is 20.1. The summed E-state index contributed by atoms with van der Waals surface area (Å²) in [6.45, 7) is 4.04. The molecule has 0 amide bonds. The molecule has 4 rings (SSSR count). The predicted molar refractivity (Wildman–Crippen MR) is 136 cm³/mol. The average Bonchev–Trinajstić information content (AvgIpc) is 3.31. The van der Waals surface area contributed by atoms with Gasteiger partial charge in [-0.15, -0.1) is 18.3 Å². The number of hydrogen-bond acceptors (Lipinski definition) is 5. The summed E-state index contributed by atoms with van der Waals surface area (Å²) >= 11 is 5.29. The Morgan fingerprint density at radius 1 is 1.03 bits per heavy atom. The van der Waals surface area contributed by atoms with Crippen LogP contribution in [0.2, 0.25) is 0 Å². The summed E-state index contributed by atoms with van der Waals surface area (Å²) in [5.74, 6) is 0.159. The first-order chi connectivity index (χ1) is 17.2. The zero-order chi connectivity index (χ0) is 25.7. The lowest BCUT2D eigenvalue weighted by atomic mass is 10.1. The molecule has 0 atom stereocenters. The van der Waals surface area contributed by atoms with Crippen LogP contribution in [0.5, 0.6) is 5.75 Å². The summed E-state index contributed by atoms with van der Waals surface area (Å²) in [4.78, 5) is 4.28. The van der Waals surface area contributed by atoms with E-state index in [0.29, 0.717) is 16.6 Å². The van der Waals surface area contributed by atoms with Crippen molar-refractivity contribution in [3.63, 3.8) is 0 Å². The van der Waals surface area contributed by atoms with Crippen LogP contribution in [0.15, 0.2) is 78.2 Å². The summed E-state index contributed by atoms with van der Waals surface area (Å²) in [7, 11) is 0. The normalized spacial score (nSPS) is 11.5. The summed E-state index contributed by atoms with van der Waals surface area (Å²) < 4.78 is 42.3. The van der Waals surface area contributed by atoms with Gasteiger partial charge in [-0.2, -0.15) is 5.10 Å². The van der Waals surface area contributed by atoms with Gasteiger partial charge in [0.05, 0.1) is 11.9 Å². The molecule has 2 N–H and O–H groups in total. The quantitative estimate of drug-likeness (QED) is 0.195. The van der Waals surface area contributed by atoms with Crippen LogP contribution in [-0.4, -0.2) is 32.5 Å². The number of rotatable bonds is 6. The highest BCUT2D eigenvalue weighted by Gasteiger charge is 2.31. The maximum Gasteiger partial charge on any atom is 0.573 e. The average molecular weight is 511 g/mol. The van der Waals surface area contributed by atoms with Gasteiger partial charge in [-0.3, -0.25) is 5.43 Å². The molecule has 1 heterocycles. The fraction of sp³-hybridized carbons (Fsp3) is 0.120. The van der Waals surface area contributed by atoms with Crippen molar-refractivity contribution in [1.29, 1.82) is 0 Å². The molecular weight excluding hydrogens is 489 g/mol. The Hall–Kier alpha value is -4.25.